The molecule has 1 amide bonds. The molecule has 0 saturated heterocycles. The number of nitrogens with zero attached hydrogens (tertiary/aromatic N) is 1. The first-order valence-electron chi connectivity index (χ1n) is 6.40. The molecule has 21 heavy (non-hydrogen) atoms. The number of hydrogen-bond acceptors (Lipinski definition) is 2. The Morgan fingerprint density at radius 3 is 2.29 bits per heavy atom. The van der Waals surface area contributed by atoms with E-state index < -0.39 is 0 Å². The van der Waals surface area contributed by atoms with Crippen molar-refractivity contribution in [2.75, 3.05) is 5.32 Å². The largest absolute Gasteiger partial charge is 0.321 e. The Kier molecular flexibility index (Phi) is 3.83. The number of amides is 1. The zero-order valence-electron chi connectivity index (χ0n) is 11.0. The number of carbonyl (C=O) groups excluding carboxylic acids is 1. The number of nitrogens with one attached hydrogen (secondary N) is 2. The number of halogens is 1. The minimum absolute atomic E-state index is 0.230. The Hall–Kier alpha value is -2.40. The topological polar surface area (TPSA) is 57.8 Å². The van der Waals surface area contributed by atoms with E-state index in [-0.39, 0.29) is 5.91 Å². The number of anilines is 1. The Bertz CT molecular complexity index is 751. The molecule has 5 heteroatoms. The van der Waals surface area contributed by atoms with Crippen molar-refractivity contribution in [3.8, 4) is 11.1 Å². The Labute approximate surface area is 130 Å². The fourth-order valence-corrected chi connectivity index (χ4v) is 2.37. The monoisotopic (exact) mass is 341 g/mol. The van der Waals surface area contributed by atoms with Crippen LogP contribution in [0.4, 0.5) is 5.69 Å². The van der Waals surface area contributed by atoms with Crippen molar-refractivity contribution >= 4 is 27.5 Å². The van der Waals surface area contributed by atoms with Gasteiger partial charge in [0.05, 0.1) is 10.7 Å². The molecule has 0 aliphatic heterocycles. The highest BCUT2D eigenvalue weighted by atomic mass is 79.9. The number of aromatic amines is 1. The maximum absolute atomic E-state index is 12.0. The van der Waals surface area contributed by atoms with Gasteiger partial charge in [-0.05, 0) is 39.2 Å². The van der Waals surface area contributed by atoms with Crippen LogP contribution in [0, 0.1) is 0 Å². The zero-order valence-corrected chi connectivity index (χ0v) is 12.6. The van der Waals surface area contributed by atoms with Crippen molar-refractivity contribution in [2.45, 2.75) is 0 Å². The van der Waals surface area contributed by atoms with Gasteiger partial charge >= 0.3 is 0 Å². The molecular weight excluding hydrogens is 330 g/mol. The molecule has 0 unspecified atom stereocenters. The Balaban J connectivity index is 1.76. The third-order valence-electron chi connectivity index (χ3n) is 3.07. The molecule has 0 saturated carbocycles. The molecule has 2 N–H and O–H groups in total. The molecule has 0 fully saturated rings. The lowest BCUT2D eigenvalue weighted by atomic mass is 10.1. The summed E-state index contributed by atoms with van der Waals surface area (Å²) >= 11 is 3.27. The predicted molar refractivity (Wildman–Crippen MR) is 86.1 cm³/mol. The van der Waals surface area contributed by atoms with Crippen LogP contribution in [-0.2, 0) is 0 Å². The molecule has 0 spiro atoms. The van der Waals surface area contributed by atoms with Crippen LogP contribution in [-0.4, -0.2) is 16.1 Å². The van der Waals surface area contributed by atoms with Gasteiger partial charge in [-0.3, -0.25) is 9.89 Å². The van der Waals surface area contributed by atoms with Gasteiger partial charge in [-0.15, -0.1) is 0 Å². The van der Waals surface area contributed by atoms with Gasteiger partial charge in [-0.2, -0.15) is 5.10 Å². The number of H-pyrrole nitrogens is 1. The SMILES string of the molecule is O=C(Nc1ccc(-c2ccccc2)cc1)c1[nH]ncc1Br. The highest BCUT2D eigenvalue weighted by Crippen LogP contribution is 2.21. The van der Waals surface area contributed by atoms with E-state index in [9.17, 15) is 4.79 Å². The smallest absolute Gasteiger partial charge is 0.274 e. The second kappa shape index (κ2) is 5.93. The fraction of sp³-hybridized carbons (Fsp3) is 0. The van der Waals surface area contributed by atoms with Crippen molar-refractivity contribution in [1.82, 2.24) is 10.2 Å². The van der Waals surface area contributed by atoms with Gasteiger partial charge in [0.2, 0.25) is 0 Å². The van der Waals surface area contributed by atoms with E-state index >= 15 is 0 Å². The van der Waals surface area contributed by atoms with Crippen molar-refractivity contribution in [3.63, 3.8) is 0 Å². The molecule has 2 aromatic carbocycles. The average molecular weight is 342 g/mol. The molecular formula is C16H12BrN3O. The normalized spacial score (nSPS) is 10.3. The van der Waals surface area contributed by atoms with Gasteiger partial charge in [0, 0.05) is 5.69 Å². The van der Waals surface area contributed by atoms with E-state index in [1.165, 1.54) is 0 Å². The summed E-state index contributed by atoms with van der Waals surface area (Å²) in [5.41, 5.74) is 3.39. The molecule has 4 nitrogen and oxygen atoms in total. The van der Waals surface area contributed by atoms with Gasteiger partial charge in [-0.25, -0.2) is 0 Å². The van der Waals surface area contributed by atoms with E-state index in [0.29, 0.717) is 10.2 Å². The summed E-state index contributed by atoms with van der Waals surface area (Å²) in [5.74, 6) is -0.230. The molecule has 104 valence electrons. The summed E-state index contributed by atoms with van der Waals surface area (Å²) in [4.78, 5) is 12.0. The minimum atomic E-state index is -0.230. The van der Waals surface area contributed by atoms with Crippen LogP contribution in [0.5, 0.6) is 0 Å². The zero-order chi connectivity index (χ0) is 14.7. The Morgan fingerprint density at radius 2 is 1.67 bits per heavy atom. The highest BCUT2D eigenvalue weighted by molar-refractivity contribution is 9.10. The van der Waals surface area contributed by atoms with Gasteiger partial charge < -0.3 is 5.32 Å². The maximum atomic E-state index is 12.0. The standard InChI is InChI=1S/C16H12BrN3O/c17-14-10-18-20-15(14)16(21)19-13-8-6-12(7-9-13)11-4-2-1-3-5-11/h1-10H,(H,18,20)(H,19,21). The fourth-order valence-electron chi connectivity index (χ4n) is 2.00. The van der Waals surface area contributed by atoms with Crippen LogP contribution in [0.2, 0.25) is 0 Å². The van der Waals surface area contributed by atoms with E-state index in [2.05, 4.69) is 43.6 Å². The molecule has 3 aromatic rings. The lowest BCUT2D eigenvalue weighted by Crippen LogP contribution is -2.12. The van der Waals surface area contributed by atoms with Crippen LogP contribution >= 0.6 is 15.9 Å². The third kappa shape index (κ3) is 3.03. The summed E-state index contributed by atoms with van der Waals surface area (Å²) < 4.78 is 0.640. The van der Waals surface area contributed by atoms with E-state index in [4.69, 9.17) is 0 Å². The molecule has 0 radical (unpaired) electrons. The van der Waals surface area contributed by atoms with Gasteiger partial charge in [0.1, 0.15) is 5.69 Å². The summed E-state index contributed by atoms with van der Waals surface area (Å²) in [5, 5.41) is 9.28. The van der Waals surface area contributed by atoms with Crippen LogP contribution in [0.3, 0.4) is 0 Å². The number of aromatic nitrogens is 2. The average Bonchev–Trinajstić information content (AvgIpc) is 2.95. The summed E-state index contributed by atoms with van der Waals surface area (Å²) in [6.45, 7) is 0. The highest BCUT2D eigenvalue weighted by Gasteiger charge is 2.12. The van der Waals surface area contributed by atoms with Crippen LogP contribution in [0.1, 0.15) is 10.5 Å². The van der Waals surface area contributed by atoms with Crippen LogP contribution in [0.15, 0.2) is 65.3 Å². The number of rotatable bonds is 3. The van der Waals surface area contributed by atoms with E-state index in [0.717, 1.165) is 16.8 Å². The molecule has 0 aliphatic rings. The second-order valence-corrected chi connectivity index (χ2v) is 5.34. The molecule has 0 atom stereocenters. The number of benzene rings is 2. The summed E-state index contributed by atoms with van der Waals surface area (Å²) in [6.07, 6.45) is 1.55. The van der Waals surface area contributed by atoms with Crippen molar-refractivity contribution in [2.24, 2.45) is 0 Å². The summed E-state index contributed by atoms with van der Waals surface area (Å²) in [7, 11) is 0. The van der Waals surface area contributed by atoms with Crippen molar-refractivity contribution in [3.05, 3.63) is 71.0 Å². The quantitative estimate of drug-likeness (QED) is 0.753. The van der Waals surface area contributed by atoms with E-state index in [1.54, 1.807) is 6.20 Å². The number of carbonyl (C=O) groups is 1. The number of hydrogen-bond donors (Lipinski definition) is 2. The first-order chi connectivity index (χ1) is 10.2. The molecule has 3 rings (SSSR count). The molecule has 1 aromatic heterocycles. The van der Waals surface area contributed by atoms with Crippen molar-refractivity contribution < 1.29 is 4.79 Å². The maximum Gasteiger partial charge on any atom is 0.274 e. The molecule has 0 aliphatic carbocycles. The van der Waals surface area contributed by atoms with Crippen LogP contribution in [0.25, 0.3) is 11.1 Å². The molecule has 0 bridgehead atoms. The lowest BCUT2D eigenvalue weighted by molar-refractivity contribution is 0.102. The first kappa shape index (κ1) is 13.6. The second-order valence-electron chi connectivity index (χ2n) is 4.49. The van der Waals surface area contributed by atoms with Crippen LogP contribution < -0.4 is 5.32 Å². The summed E-state index contributed by atoms with van der Waals surface area (Å²) in [6, 6.07) is 17.8. The van der Waals surface area contributed by atoms with E-state index in [1.807, 2.05) is 42.5 Å². The Morgan fingerprint density at radius 1 is 1.00 bits per heavy atom. The van der Waals surface area contributed by atoms with Gasteiger partial charge in [0.25, 0.3) is 5.91 Å². The first-order valence-corrected chi connectivity index (χ1v) is 7.19. The van der Waals surface area contributed by atoms with Gasteiger partial charge in [-0.1, -0.05) is 42.5 Å². The van der Waals surface area contributed by atoms with Gasteiger partial charge in [0.15, 0.2) is 0 Å². The minimum Gasteiger partial charge on any atom is -0.321 e. The molecule has 1 heterocycles. The third-order valence-corrected chi connectivity index (χ3v) is 3.67. The van der Waals surface area contributed by atoms with Crippen molar-refractivity contribution in [1.29, 1.82) is 0 Å². The predicted octanol–water partition coefficient (Wildman–Crippen LogP) is 4.09. The lowest BCUT2D eigenvalue weighted by Gasteiger charge is -2.06.